The molecule has 3 aliphatic carbocycles. The van der Waals surface area contributed by atoms with E-state index in [0.717, 1.165) is 6.07 Å². The lowest BCUT2D eigenvalue weighted by Gasteiger charge is -2.70. The van der Waals surface area contributed by atoms with E-state index in [-0.39, 0.29) is 52.5 Å². The van der Waals surface area contributed by atoms with E-state index in [1.165, 1.54) is 12.1 Å². The second kappa shape index (κ2) is 7.48. The molecule has 166 valence electrons. The van der Waals surface area contributed by atoms with Crippen LogP contribution in [-0.2, 0) is 9.59 Å². The van der Waals surface area contributed by atoms with Crippen molar-refractivity contribution in [2.45, 2.75) is 42.9 Å². The van der Waals surface area contributed by atoms with E-state index in [1.54, 1.807) is 24.3 Å². The van der Waals surface area contributed by atoms with Gasteiger partial charge in [-0.2, -0.15) is 0 Å². The highest BCUT2D eigenvalue weighted by Crippen LogP contribution is 2.60. The summed E-state index contributed by atoms with van der Waals surface area (Å²) in [5.74, 6) is -0.737. The molecule has 2 N–H and O–H groups in total. The molecule has 0 aromatic heterocycles. The van der Waals surface area contributed by atoms with Crippen LogP contribution in [0.25, 0.3) is 0 Å². The summed E-state index contributed by atoms with van der Waals surface area (Å²) < 4.78 is 24.5. The van der Waals surface area contributed by atoms with Crippen molar-refractivity contribution in [1.29, 1.82) is 0 Å². The molecule has 7 nitrogen and oxygen atoms in total. The van der Waals surface area contributed by atoms with Crippen LogP contribution in [0.5, 0.6) is 11.5 Å². The fraction of sp³-hybridized carbons (Fsp3) is 0.348. The van der Waals surface area contributed by atoms with Crippen LogP contribution in [0.1, 0.15) is 36.0 Å². The number of Topliss-reactive ketones (excluding diaryl/α,β-unsaturated/α-hetero) is 1. The van der Waals surface area contributed by atoms with Crippen molar-refractivity contribution in [2.75, 3.05) is 6.61 Å². The van der Waals surface area contributed by atoms with Crippen molar-refractivity contribution in [3.8, 4) is 11.5 Å². The smallest absolute Gasteiger partial charge is 0.261 e. The van der Waals surface area contributed by atoms with Gasteiger partial charge in [0, 0.05) is 17.1 Å². The van der Waals surface area contributed by atoms with Crippen LogP contribution in [0, 0.1) is 5.82 Å². The number of nitrogens with one attached hydrogen (secondary N) is 2. The van der Waals surface area contributed by atoms with E-state index in [2.05, 4.69) is 10.6 Å². The third-order valence-corrected chi connectivity index (χ3v) is 6.51. The molecular weight excluding hydrogens is 439 g/mol. The van der Waals surface area contributed by atoms with Gasteiger partial charge in [0.1, 0.15) is 17.3 Å². The van der Waals surface area contributed by atoms with Gasteiger partial charge < -0.3 is 20.1 Å². The van der Waals surface area contributed by atoms with Crippen LogP contribution in [0.2, 0.25) is 5.02 Å². The molecule has 0 radical (unpaired) electrons. The Labute approximate surface area is 188 Å². The third-order valence-electron chi connectivity index (χ3n) is 6.20. The van der Waals surface area contributed by atoms with Crippen LogP contribution in [-0.4, -0.2) is 41.4 Å². The molecule has 2 aromatic rings. The summed E-state index contributed by atoms with van der Waals surface area (Å²) in [5, 5.41) is 5.91. The summed E-state index contributed by atoms with van der Waals surface area (Å²) >= 11 is 5.63. The van der Waals surface area contributed by atoms with Gasteiger partial charge in [-0.3, -0.25) is 14.4 Å². The first-order valence-electron chi connectivity index (χ1n) is 10.3. The second-order valence-electron chi connectivity index (χ2n) is 8.72. The number of rotatable bonds is 6. The Balaban J connectivity index is 1.10. The van der Waals surface area contributed by atoms with Gasteiger partial charge in [0.25, 0.3) is 11.8 Å². The van der Waals surface area contributed by atoms with Crippen molar-refractivity contribution < 1.29 is 28.2 Å². The molecule has 1 heterocycles. The Kier molecular flexibility index (Phi) is 4.85. The Morgan fingerprint density at radius 1 is 1.12 bits per heavy atom. The predicted octanol–water partition coefficient (Wildman–Crippen LogP) is 2.80. The van der Waals surface area contributed by atoms with Gasteiger partial charge in [-0.15, -0.1) is 0 Å². The van der Waals surface area contributed by atoms with Crippen LogP contribution < -0.4 is 20.1 Å². The zero-order valence-corrected chi connectivity index (χ0v) is 17.7. The molecule has 2 amide bonds. The number of amides is 2. The average molecular weight is 459 g/mol. The molecule has 2 aromatic carbocycles. The number of ether oxygens (including phenoxy) is 2. The summed E-state index contributed by atoms with van der Waals surface area (Å²) in [4.78, 5) is 37.2. The van der Waals surface area contributed by atoms with Crippen molar-refractivity contribution >= 4 is 29.2 Å². The molecule has 0 spiro atoms. The quantitative estimate of drug-likeness (QED) is 0.694. The number of hydrogen-bond donors (Lipinski definition) is 2. The first-order valence-corrected chi connectivity index (χ1v) is 10.6. The lowest BCUT2D eigenvalue weighted by Crippen LogP contribution is -2.84. The fourth-order valence-electron chi connectivity index (χ4n) is 4.86. The van der Waals surface area contributed by atoms with E-state index in [0.29, 0.717) is 30.6 Å². The van der Waals surface area contributed by atoms with Gasteiger partial charge in [-0.1, -0.05) is 23.7 Å². The molecule has 32 heavy (non-hydrogen) atoms. The van der Waals surface area contributed by atoms with Gasteiger partial charge in [0.05, 0.1) is 17.0 Å². The summed E-state index contributed by atoms with van der Waals surface area (Å²) in [6.45, 7) is -0.250. The minimum Gasteiger partial charge on any atom is -0.484 e. The Morgan fingerprint density at radius 3 is 2.59 bits per heavy atom. The molecule has 0 saturated heterocycles. The number of benzene rings is 2. The zero-order valence-electron chi connectivity index (χ0n) is 17.0. The molecule has 3 saturated carbocycles. The van der Waals surface area contributed by atoms with Crippen molar-refractivity contribution in [1.82, 2.24) is 10.6 Å². The maximum Gasteiger partial charge on any atom is 0.261 e. The van der Waals surface area contributed by atoms with Crippen molar-refractivity contribution in [3.05, 3.63) is 58.9 Å². The molecule has 9 heteroatoms. The van der Waals surface area contributed by atoms with Crippen LogP contribution in [0.15, 0.2) is 42.5 Å². The van der Waals surface area contributed by atoms with Crippen molar-refractivity contribution in [3.63, 3.8) is 0 Å². The number of fused-ring (bicyclic) bond motifs is 1. The lowest BCUT2D eigenvalue weighted by molar-refractivity contribution is -0.154. The lowest BCUT2D eigenvalue weighted by atomic mass is 9.44. The summed E-state index contributed by atoms with van der Waals surface area (Å²) in [6, 6.07) is 10.9. The van der Waals surface area contributed by atoms with Crippen LogP contribution in [0.4, 0.5) is 4.39 Å². The monoisotopic (exact) mass is 458 g/mol. The maximum atomic E-state index is 13.4. The van der Waals surface area contributed by atoms with Gasteiger partial charge in [-0.25, -0.2) is 4.39 Å². The molecule has 1 aliphatic heterocycles. The molecule has 3 fully saturated rings. The predicted molar refractivity (Wildman–Crippen MR) is 112 cm³/mol. The highest BCUT2D eigenvalue weighted by atomic mass is 35.5. The van der Waals surface area contributed by atoms with E-state index in [9.17, 15) is 18.8 Å². The highest BCUT2D eigenvalue weighted by Gasteiger charge is 2.69. The van der Waals surface area contributed by atoms with Gasteiger partial charge in [0.15, 0.2) is 18.5 Å². The Hall–Kier alpha value is -3.13. The largest absolute Gasteiger partial charge is 0.484 e. The number of halogens is 2. The summed E-state index contributed by atoms with van der Waals surface area (Å²) in [7, 11) is 0. The van der Waals surface area contributed by atoms with E-state index in [4.69, 9.17) is 21.1 Å². The van der Waals surface area contributed by atoms with Crippen molar-refractivity contribution in [2.24, 2.45) is 0 Å². The van der Waals surface area contributed by atoms with Gasteiger partial charge in [0.2, 0.25) is 0 Å². The molecule has 6 rings (SSSR count). The normalized spacial score (nSPS) is 27.2. The second-order valence-corrected chi connectivity index (χ2v) is 9.13. The number of para-hydroxylation sites is 1. The number of ketones is 1. The Bertz CT molecular complexity index is 1120. The van der Waals surface area contributed by atoms with Gasteiger partial charge >= 0.3 is 0 Å². The SMILES string of the molecule is O=C(COc1ccc(Cl)c(F)c1)NC12CC(NC(=O)C3CC(=O)c4ccccc4O3)(C1)C2. The molecular formula is C23H20ClFN2O5. The fourth-order valence-corrected chi connectivity index (χ4v) is 4.98. The maximum absolute atomic E-state index is 13.4. The standard InChI is InChI=1S/C23H20ClFN2O5/c24-15-6-5-13(7-16(15)25)31-9-20(29)26-22-10-23(11-22,12-22)27-21(30)19-8-17(28)14-3-1-2-4-18(14)32-19/h1-7,19H,8-12H2,(H,26,29)(H,27,30). The van der Waals surface area contributed by atoms with Crippen LogP contribution >= 0.6 is 11.6 Å². The highest BCUT2D eigenvalue weighted by molar-refractivity contribution is 6.30. The minimum atomic E-state index is -0.856. The first-order chi connectivity index (χ1) is 15.3. The molecule has 1 unspecified atom stereocenters. The summed E-state index contributed by atoms with van der Waals surface area (Å²) in [6.07, 6.45) is 0.952. The number of hydrogen-bond acceptors (Lipinski definition) is 5. The average Bonchev–Trinajstić information content (AvgIpc) is 2.72. The van der Waals surface area contributed by atoms with E-state index >= 15 is 0 Å². The number of carbonyl (C=O) groups is 3. The minimum absolute atomic E-state index is 0.00341. The molecule has 4 aliphatic rings. The first kappa shape index (κ1) is 20.8. The Morgan fingerprint density at radius 2 is 1.84 bits per heavy atom. The van der Waals surface area contributed by atoms with E-state index < -0.39 is 11.9 Å². The molecule has 1 atom stereocenters. The molecule has 2 bridgehead atoms. The van der Waals surface area contributed by atoms with Gasteiger partial charge in [-0.05, 0) is 43.5 Å². The number of carbonyl (C=O) groups excluding carboxylic acids is 3. The topological polar surface area (TPSA) is 93.7 Å². The van der Waals surface area contributed by atoms with E-state index in [1.807, 2.05) is 0 Å². The zero-order chi connectivity index (χ0) is 22.5. The third kappa shape index (κ3) is 3.68. The summed E-state index contributed by atoms with van der Waals surface area (Å²) in [5.41, 5.74) is -0.254. The van der Waals surface area contributed by atoms with Crippen LogP contribution in [0.3, 0.4) is 0 Å².